The number of hydrogen-bond acceptors (Lipinski definition) is 5. The van der Waals surface area contributed by atoms with Crippen LogP contribution < -0.4 is 9.05 Å². The van der Waals surface area contributed by atoms with Gasteiger partial charge >= 0.3 is 7.82 Å². The fourth-order valence-electron chi connectivity index (χ4n) is 3.01. The maximum atomic E-state index is 13.1. The smallest absolute Gasteiger partial charge is 0.395 e. The predicted octanol–water partition coefficient (Wildman–Crippen LogP) is 6.43. The van der Waals surface area contributed by atoms with Crippen molar-refractivity contribution in [2.75, 3.05) is 13.2 Å². The zero-order valence-electron chi connectivity index (χ0n) is 17.9. The molecule has 0 aromatic heterocycles. The molecule has 0 amide bonds. The molecule has 0 saturated heterocycles. The number of phosphoric acid groups is 1. The molecule has 0 bridgehead atoms. The van der Waals surface area contributed by atoms with E-state index in [0.29, 0.717) is 11.5 Å². The van der Waals surface area contributed by atoms with E-state index in [1.165, 1.54) is 24.8 Å². The Kier molecular flexibility index (Phi) is 8.76. The van der Waals surface area contributed by atoms with Crippen molar-refractivity contribution in [3.8, 4) is 11.5 Å². The lowest BCUT2D eigenvalue weighted by atomic mass is 9.80. The average Bonchev–Trinajstić information content (AvgIpc) is 2.69. The summed E-state index contributed by atoms with van der Waals surface area (Å²) in [6, 6.07) is 14.6. The summed E-state index contributed by atoms with van der Waals surface area (Å²) >= 11 is 0. The highest BCUT2D eigenvalue weighted by atomic mass is 31.2. The highest BCUT2D eigenvalue weighted by Crippen LogP contribution is 2.49. The fourth-order valence-corrected chi connectivity index (χ4v) is 4.22. The second-order valence-corrected chi connectivity index (χ2v) is 9.38. The predicted molar refractivity (Wildman–Crippen MR) is 117 cm³/mol. The Morgan fingerprint density at radius 1 is 0.931 bits per heavy atom. The minimum atomic E-state index is -3.93. The molecule has 0 spiro atoms. The van der Waals surface area contributed by atoms with Gasteiger partial charge in [0.25, 0.3) is 0 Å². The van der Waals surface area contributed by atoms with E-state index in [9.17, 15) is 4.57 Å². The van der Waals surface area contributed by atoms with Gasteiger partial charge in [-0.1, -0.05) is 69.9 Å². The lowest BCUT2D eigenvalue weighted by molar-refractivity contribution is 0.159. The van der Waals surface area contributed by atoms with Gasteiger partial charge in [-0.2, -0.15) is 0 Å². The zero-order chi connectivity index (χ0) is 21.3. The molecule has 0 heterocycles. The van der Waals surface area contributed by atoms with Crippen LogP contribution in [0.25, 0.3) is 0 Å². The van der Waals surface area contributed by atoms with Gasteiger partial charge < -0.3 is 14.2 Å². The van der Waals surface area contributed by atoms with Crippen LogP contribution in [0.5, 0.6) is 11.5 Å². The first-order valence-corrected chi connectivity index (χ1v) is 11.7. The van der Waals surface area contributed by atoms with Crippen molar-refractivity contribution in [2.24, 2.45) is 0 Å². The number of phosphoric ester groups is 1. The van der Waals surface area contributed by atoms with E-state index in [1.807, 2.05) is 31.2 Å². The molecular formula is C23H33O5P. The third-order valence-corrected chi connectivity index (χ3v) is 6.20. The first kappa shape index (κ1) is 23.5. The van der Waals surface area contributed by atoms with Crippen molar-refractivity contribution in [1.29, 1.82) is 0 Å². The van der Waals surface area contributed by atoms with E-state index in [0.717, 1.165) is 12.0 Å². The second-order valence-electron chi connectivity index (χ2n) is 7.87. The summed E-state index contributed by atoms with van der Waals surface area (Å²) < 4.78 is 29.4. The maximum Gasteiger partial charge on any atom is 0.587 e. The van der Waals surface area contributed by atoms with Crippen LogP contribution in [0.3, 0.4) is 0 Å². The monoisotopic (exact) mass is 420 g/mol. The van der Waals surface area contributed by atoms with Gasteiger partial charge in [-0.15, -0.1) is 0 Å². The van der Waals surface area contributed by atoms with Crippen molar-refractivity contribution in [2.45, 2.75) is 58.8 Å². The maximum absolute atomic E-state index is 13.1. The SMILES string of the molecule is CCCCCC(C)(C)c1ccc(OP(=O)(OCCO)Oc2ccc(C)cc2)cc1. The first-order valence-electron chi connectivity index (χ1n) is 10.2. The topological polar surface area (TPSA) is 65.0 Å². The largest absolute Gasteiger partial charge is 0.587 e. The van der Waals surface area contributed by atoms with Crippen LogP contribution in [0.15, 0.2) is 48.5 Å². The molecule has 0 fully saturated rings. The van der Waals surface area contributed by atoms with Crippen molar-refractivity contribution in [3.05, 3.63) is 59.7 Å². The third-order valence-electron chi connectivity index (χ3n) is 4.84. The Balaban J connectivity index is 2.12. The van der Waals surface area contributed by atoms with E-state index < -0.39 is 7.82 Å². The number of aryl methyl sites for hydroxylation is 1. The Bertz CT molecular complexity index is 784. The molecule has 0 aliphatic heterocycles. The van der Waals surface area contributed by atoms with Gasteiger partial charge in [-0.05, 0) is 48.6 Å². The van der Waals surface area contributed by atoms with Gasteiger partial charge in [-0.25, -0.2) is 4.57 Å². The van der Waals surface area contributed by atoms with Crippen molar-refractivity contribution < 1.29 is 23.2 Å². The first-order chi connectivity index (χ1) is 13.8. The normalized spacial score (nSPS) is 13.7. The molecule has 0 aliphatic rings. The summed E-state index contributed by atoms with van der Waals surface area (Å²) in [5.74, 6) is 0.775. The van der Waals surface area contributed by atoms with Crippen LogP contribution in [0.2, 0.25) is 0 Å². The Morgan fingerprint density at radius 3 is 2.00 bits per heavy atom. The molecular weight excluding hydrogens is 387 g/mol. The Hall–Kier alpha value is -1.81. The Labute approximate surface area is 174 Å². The van der Waals surface area contributed by atoms with Gasteiger partial charge in [0, 0.05) is 0 Å². The summed E-state index contributed by atoms with van der Waals surface area (Å²) in [6.45, 7) is 8.19. The molecule has 0 radical (unpaired) electrons. The van der Waals surface area contributed by atoms with E-state index in [-0.39, 0.29) is 18.6 Å². The van der Waals surface area contributed by atoms with Crippen LogP contribution >= 0.6 is 7.82 Å². The van der Waals surface area contributed by atoms with Crippen LogP contribution in [0.4, 0.5) is 0 Å². The number of benzene rings is 2. The highest BCUT2D eigenvalue weighted by Gasteiger charge is 2.31. The minimum Gasteiger partial charge on any atom is -0.395 e. The fraction of sp³-hybridized carbons (Fsp3) is 0.478. The zero-order valence-corrected chi connectivity index (χ0v) is 18.8. The molecule has 6 heteroatoms. The van der Waals surface area contributed by atoms with Crippen LogP contribution in [-0.2, 0) is 14.5 Å². The summed E-state index contributed by atoms with van der Waals surface area (Å²) in [5, 5.41) is 9.06. The van der Waals surface area contributed by atoms with E-state index in [4.69, 9.17) is 18.7 Å². The molecule has 1 unspecified atom stereocenters. The molecule has 2 aromatic carbocycles. The van der Waals surface area contributed by atoms with Crippen molar-refractivity contribution in [1.82, 2.24) is 0 Å². The summed E-state index contributed by atoms with van der Waals surface area (Å²) in [7, 11) is -3.93. The molecule has 2 aromatic rings. The Morgan fingerprint density at radius 2 is 1.48 bits per heavy atom. The van der Waals surface area contributed by atoms with E-state index in [2.05, 4.69) is 20.8 Å². The molecule has 1 atom stereocenters. The van der Waals surface area contributed by atoms with E-state index >= 15 is 0 Å². The third kappa shape index (κ3) is 7.50. The molecule has 1 N–H and O–H groups in total. The van der Waals surface area contributed by atoms with Gasteiger partial charge in [0.15, 0.2) is 0 Å². The highest BCUT2D eigenvalue weighted by molar-refractivity contribution is 7.49. The number of aliphatic hydroxyl groups is 1. The molecule has 5 nitrogen and oxygen atoms in total. The van der Waals surface area contributed by atoms with Crippen LogP contribution in [-0.4, -0.2) is 18.3 Å². The number of hydrogen-bond donors (Lipinski definition) is 1. The van der Waals surface area contributed by atoms with Crippen molar-refractivity contribution >= 4 is 7.82 Å². The van der Waals surface area contributed by atoms with Crippen LogP contribution in [0, 0.1) is 6.92 Å². The lowest BCUT2D eigenvalue weighted by Gasteiger charge is -2.26. The molecule has 2 rings (SSSR count). The molecule has 0 aliphatic carbocycles. The minimum absolute atomic E-state index is 0.0587. The number of unbranched alkanes of at least 4 members (excludes halogenated alkanes) is 2. The summed E-state index contributed by atoms with van der Waals surface area (Å²) in [4.78, 5) is 0. The van der Waals surface area contributed by atoms with Gasteiger partial charge in [-0.3, -0.25) is 4.52 Å². The molecule has 29 heavy (non-hydrogen) atoms. The van der Waals surface area contributed by atoms with Crippen molar-refractivity contribution in [3.63, 3.8) is 0 Å². The second kappa shape index (κ2) is 10.8. The number of aliphatic hydroxyl groups excluding tert-OH is 1. The molecule has 0 saturated carbocycles. The number of rotatable bonds is 12. The lowest BCUT2D eigenvalue weighted by Crippen LogP contribution is -2.16. The summed E-state index contributed by atoms with van der Waals surface area (Å²) in [5.41, 5.74) is 2.32. The van der Waals surface area contributed by atoms with Gasteiger partial charge in [0.1, 0.15) is 11.5 Å². The molecule has 160 valence electrons. The van der Waals surface area contributed by atoms with E-state index in [1.54, 1.807) is 24.3 Å². The quantitative estimate of drug-likeness (QED) is 0.317. The standard InChI is InChI=1S/C23H33O5P/c1-5-6-7-16-23(3,4)20-10-14-22(15-11-20)28-29(25,26-18-17-24)27-21-12-8-19(2)9-13-21/h8-15,24H,5-7,16-18H2,1-4H3. The average molecular weight is 420 g/mol. The van der Waals surface area contributed by atoms with Crippen LogP contribution in [0.1, 0.15) is 57.6 Å². The van der Waals surface area contributed by atoms with Gasteiger partial charge in [0.2, 0.25) is 0 Å². The summed E-state index contributed by atoms with van der Waals surface area (Å²) in [6.07, 6.45) is 4.73. The van der Waals surface area contributed by atoms with Gasteiger partial charge in [0.05, 0.1) is 13.2 Å².